The molecule has 1 unspecified atom stereocenters. The zero-order valence-electron chi connectivity index (χ0n) is 13.4. The number of aromatic amines is 1. The quantitative estimate of drug-likeness (QED) is 0.913. The van der Waals surface area contributed by atoms with Crippen molar-refractivity contribution in [3.05, 3.63) is 35.4 Å². The average Bonchev–Trinajstić information content (AvgIpc) is 3.12. The van der Waals surface area contributed by atoms with Crippen molar-refractivity contribution in [2.24, 2.45) is 7.05 Å². The Kier molecular flexibility index (Phi) is 4.10. The van der Waals surface area contributed by atoms with E-state index in [0.29, 0.717) is 36.9 Å². The molecule has 24 heavy (non-hydrogen) atoms. The van der Waals surface area contributed by atoms with Gasteiger partial charge < -0.3 is 14.5 Å². The Morgan fingerprint density at radius 1 is 1.42 bits per heavy atom. The van der Waals surface area contributed by atoms with Gasteiger partial charge in [-0.3, -0.25) is 4.79 Å². The summed E-state index contributed by atoms with van der Waals surface area (Å²) in [5.74, 6) is 0.602. The third kappa shape index (κ3) is 3.15. The molecule has 1 aliphatic heterocycles. The van der Waals surface area contributed by atoms with Crippen LogP contribution in [0.1, 0.15) is 46.6 Å². The number of hydrogen-bond acceptors (Lipinski definition) is 3. The summed E-state index contributed by atoms with van der Waals surface area (Å²) in [6, 6.07) is 0. The number of likely N-dealkylation sites (tertiary alicyclic amines) is 1. The van der Waals surface area contributed by atoms with E-state index in [0.717, 1.165) is 12.6 Å². The topological polar surface area (TPSA) is 66.8 Å². The van der Waals surface area contributed by atoms with Gasteiger partial charge in [-0.25, -0.2) is 9.97 Å². The highest BCUT2D eigenvalue weighted by atomic mass is 19.4. The summed E-state index contributed by atoms with van der Waals surface area (Å²) in [7, 11) is 1.55. The van der Waals surface area contributed by atoms with Gasteiger partial charge in [0.25, 0.3) is 5.91 Å². The number of halogens is 3. The molecule has 0 saturated carbocycles. The van der Waals surface area contributed by atoms with Crippen LogP contribution in [0.15, 0.2) is 12.4 Å². The van der Waals surface area contributed by atoms with Gasteiger partial charge >= 0.3 is 6.18 Å². The molecule has 0 radical (unpaired) electrons. The second-order valence-corrected chi connectivity index (χ2v) is 6.07. The molecule has 3 heterocycles. The van der Waals surface area contributed by atoms with Crippen molar-refractivity contribution in [2.45, 2.75) is 31.9 Å². The third-order valence-electron chi connectivity index (χ3n) is 4.21. The summed E-state index contributed by atoms with van der Waals surface area (Å²) in [5.41, 5.74) is -0.503. The van der Waals surface area contributed by atoms with Gasteiger partial charge in [-0.15, -0.1) is 0 Å². The van der Waals surface area contributed by atoms with Crippen LogP contribution in [0, 0.1) is 6.92 Å². The van der Waals surface area contributed by atoms with Crippen molar-refractivity contribution >= 4 is 5.91 Å². The first kappa shape index (κ1) is 16.5. The number of H-pyrrole nitrogens is 1. The number of nitrogens with zero attached hydrogens (tertiary/aromatic N) is 4. The Hall–Kier alpha value is -2.32. The molecule has 2 aromatic heterocycles. The summed E-state index contributed by atoms with van der Waals surface area (Å²) >= 11 is 0. The van der Waals surface area contributed by atoms with Gasteiger partial charge in [0.2, 0.25) is 0 Å². The van der Waals surface area contributed by atoms with Crippen LogP contribution < -0.4 is 0 Å². The standard InChI is InChI=1S/C15H18F3N5O/c1-9-19-6-11(20-9)14(24)23-5-3-4-10(7-23)13-21-12(8-22(13)2)15(16,17)18/h6,8,10H,3-5,7H2,1-2H3,(H,19,20). The molecule has 1 saturated heterocycles. The van der Waals surface area contributed by atoms with Crippen LogP contribution in [-0.4, -0.2) is 43.4 Å². The number of imidazole rings is 2. The largest absolute Gasteiger partial charge is 0.434 e. The van der Waals surface area contributed by atoms with E-state index in [1.807, 2.05) is 0 Å². The molecular formula is C15H18F3N5O. The number of nitrogens with one attached hydrogen (secondary N) is 1. The maximum Gasteiger partial charge on any atom is 0.434 e. The predicted octanol–water partition coefficient (Wildman–Crippen LogP) is 2.49. The molecular weight excluding hydrogens is 323 g/mol. The number of hydrogen-bond donors (Lipinski definition) is 1. The molecule has 3 rings (SSSR count). The van der Waals surface area contributed by atoms with E-state index >= 15 is 0 Å². The fourth-order valence-corrected chi connectivity index (χ4v) is 3.07. The van der Waals surface area contributed by atoms with Crippen molar-refractivity contribution < 1.29 is 18.0 Å². The monoisotopic (exact) mass is 341 g/mol. The summed E-state index contributed by atoms with van der Waals surface area (Å²) in [6.07, 6.45) is -0.572. The number of carbonyl (C=O) groups is 1. The molecule has 9 heteroatoms. The molecule has 6 nitrogen and oxygen atoms in total. The molecule has 1 N–H and O–H groups in total. The molecule has 1 aliphatic rings. The Balaban J connectivity index is 1.79. The van der Waals surface area contributed by atoms with E-state index in [4.69, 9.17) is 0 Å². The smallest absolute Gasteiger partial charge is 0.338 e. The van der Waals surface area contributed by atoms with Gasteiger partial charge in [0, 0.05) is 32.3 Å². The number of carbonyl (C=O) groups excluding carboxylic acids is 1. The molecule has 2 aromatic rings. The predicted molar refractivity (Wildman–Crippen MR) is 79.4 cm³/mol. The normalized spacial score (nSPS) is 18.9. The third-order valence-corrected chi connectivity index (χ3v) is 4.21. The molecule has 1 fully saturated rings. The van der Waals surface area contributed by atoms with E-state index in [9.17, 15) is 18.0 Å². The molecule has 0 bridgehead atoms. The number of alkyl halides is 3. The Bertz CT molecular complexity index is 749. The zero-order chi connectivity index (χ0) is 17.5. The van der Waals surface area contributed by atoms with Crippen LogP contribution in [0.25, 0.3) is 0 Å². The Morgan fingerprint density at radius 2 is 2.17 bits per heavy atom. The van der Waals surface area contributed by atoms with Gasteiger partial charge in [0.15, 0.2) is 5.69 Å². The van der Waals surface area contributed by atoms with Crippen molar-refractivity contribution in [3.8, 4) is 0 Å². The van der Waals surface area contributed by atoms with Gasteiger partial charge in [0.1, 0.15) is 17.3 Å². The van der Waals surface area contributed by atoms with E-state index < -0.39 is 11.9 Å². The summed E-state index contributed by atoms with van der Waals surface area (Å²) in [6.45, 7) is 2.67. The number of rotatable bonds is 2. The van der Waals surface area contributed by atoms with Gasteiger partial charge in [0.05, 0.1) is 6.20 Å². The maximum absolute atomic E-state index is 12.8. The van der Waals surface area contributed by atoms with Gasteiger partial charge in [-0.05, 0) is 19.8 Å². The summed E-state index contributed by atoms with van der Waals surface area (Å²) < 4.78 is 39.9. The van der Waals surface area contributed by atoms with Crippen LogP contribution in [0.5, 0.6) is 0 Å². The van der Waals surface area contributed by atoms with Crippen LogP contribution in [-0.2, 0) is 13.2 Å². The molecule has 1 atom stereocenters. The Morgan fingerprint density at radius 3 is 2.75 bits per heavy atom. The molecule has 1 amide bonds. The second-order valence-electron chi connectivity index (χ2n) is 6.07. The van der Waals surface area contributed by atoms with Crippen molar-refractivity contribution in [1.82, 2.24) is 24.4 Å². The number of aromatic nitrogens is 4. The first-order valence-electron chi connectivity index (χ1n) is 7.67. The first-order chi connectivity index (χ1) is 11.3. The minimum atomic E-state index is -4.46. The summed E-state index contributed by atoms with van der Waals surface area (Å²) in [4.78, 5) is 24.8. The first-order valence-corrected chi connectivity index (χ1v) is 7.67. The minimum Gasteiger partial charge on any atom is -0.338 e. The molecule has 0 aliphatic carbocycles. The molecule has 0 spiro atoms. The highest BCUT2D eigenvalue weighted by Gasteiger charge is 2.36. The maximum atomic E-state index is 12.8. The fourth-order valence-electron chi connectivity index (χ4n) is 3.07. The van der Waals surface area contributed by atoms with Gasteiger partial charge in [-0.1, -0.05) is 0 Å². The lowest BCUT2D eigenvalue weighted by molar-refractivity contribution is -0.141. The van der Waals surface area contributed by atoms with Crippen LogP contribution in [0.3, 0.4) is 0 Å². The van der Waals surface area contributed by atoms with Crippen LogP contribution in [0.2, 0.25) is 0 Å². The van der Waals surface area contributed by atoms with Crippen LogP contribution >= 0.6 is 0 Å². The lowest BCUT2D eigenvalue weighted by Gasteiger charge is -2.32. The number of amides is 1. The highest BCUT2D eigenvalue weighted by molar-refractivity contribution is 5.92. The number of piperidine rings is 1. The molecule has 130 valence electrons. The van der Waals surface area contributed by atoms with E-state index in [1.54, 1.807) is 18.9 Å². The lowest BCUT2D eigenvalue weighted by atomic mass is 9.97. The average molecular weight is 341 g/mol. The van der Waals surface area contributed by atoms with Crippen molar-refractivity contribution in [1.29, 1.82) is 0 Å². The van der Waals surface area contributed by atoms with Gasteiger partial charge in [-0.2, -0.15) is 13.2 Å². The Labute approximate surface area is 136 Å². The zero-order valence-corrected chi connectivity index (χ0v) is 13.4. The second kappa shape index (κ2) is 5.95. The van der Waals surface area contributed by atoms with Crippen molar-refractivity contribution in [2.75, 3.05) is 13.1 Å². The number of aryl methyl sites for hydroxylation is 2. The molecule has 0 aromatic carbocycles. The summed E-state index contributed by atoms with van der Waals surface area (Å²) in [5, 5.41) is 0. The van der Waals surface area contributed by atoms with E-state index in [2.05, 4.69) is 15.0 Å². The minimum absolute atomic E-state index is 0.189. The SMILES string of the molecule is Cc1ncc(C(=O)N2CCCC(c3nc(C(F)(F)F)cn3C)C2)[nH]1. The van der Waals surface area contributed by atoms with E-state index in [-0.39, 0.29) is 11.8 Å². The van der Waals surface area contributed by atoms with Crippen LogP contribution in [0.4, 0.5) is 13.2 Å². The highest BCUT2D eigenvalue weighted by Crippen LogP contribution is 2.32. The van der Waals surface area contributed by atoms with E-state index in [1.165, 1.54) is 10.8 Å². The van der Waals surface area contributed by atoms with Crippen molar-refractivity contribution in [3.63, 3.8) is 0 Å². The lowest BCUT2D eigenvalue weighted by Crippen LogP contribution is -2.39. The fraction of sp³-hybridized carbons (Fsp3) is 0.533.